The smallest absolute Gasteiger partial charge is 0.0713 e. The average Bonchev–Trinajstić information content (AvgIpc) is 3.68. The van der Waals surface area contributed by atoms with E-state index in [0.717, 1.165) is 18.5 Å². The number of rotatable bonds is 7. The molecule has 1 nitrogen and oxygen atoms in total. The van der Waals surface area contributed by atoms with E-state index in [1.807, 2.05) is 0 Å². The Hall–Kier alpha value is -6.18. The van der Waals surface area contributed by atoms with Crippen LogP contribution in [0.25, 0.3) is 33.0 Å². The average molecular weight is 694 g/mol. The molecule has 8 aromatic rings. The first kappa shape index (κ1) is 32.5. The van der Waals surface area contributed by atoms with Crippen molar-refractivity contribution in [2.24, 2.45) is 0 Å². The van der Waals surface area contributed by atoms with Crippen molar-refractivity contribution in [2.75, 3.05) is 4.90 Å². The van der Waals surface area contributed by atoms with Gasteiger partial charge in [0.05, 0.1) is 5.41 Å². The van der Waals surface area contributed by atoms with Crippen molar-refractivity contribution in [3.05, 3.63) is 221 Å². The van der Waals surface area contributed by atoms with Gasteiger partial charge in [-0.1, -0.05) is 153 Å². The molecule has 0 atom stereocenters. The fourth-order valence-electron chi connectivity index (χ4n) is 10.1. The second-order valence-electron chi connectivity index (χ2n) is 15.1. The maximum Gasteiger partial charge on any atom is 0.0713 e. The van der Waals surface area contributed by atoms with Crippen LogP contribution in [0.3, 0.4) is 0 Å². The van der Waals surface area contributed by atoms with Gasteiger partial charge in [0.1, 0.15) is 0 Å². The van der Waals surface area contributed by atoms with Crippen LogP contribution in [0.2, 0.25) is 0 Å². The predicted octanol–water partition coefficient (Wildman–Crippen LogP) is 14.1. The SMILES string of the molecule is CCC1(CC)c2ccc(N(c3ccc4c(c3)-c3ccccc3C4(c3ccccc3)c3ccccc3)c3ccccc3C)cc2-c2cc3ccccc3cc21. The lowest BCUT2D eigenvalue weighted by Gasteiger charge is -2.34. The quantitative estimate of drug-likeness (QED) is 0.161. The van der Waals surface area contributed by atoms with E-state index >= 15 is 0 Å². The van der Waals surface area contributed by atoms with Crippen LogP contribution in [0, 0.1) is 6.92 Å². The molecule has 2 aliphatic rings. The number of hydrogen-bond donors (Lipinski definition) is 0. The minimum Gasteiger partial charge on any atom is -0.310 e. The van der Waals surface area contributed by atoms with E-state index in [2.05, 4.69) is 208 Å². The Kier molecular flexibility index (Phi) is 7.49. The van der Waals surface area contributed by atoms with Crippen LogP contribution in [0.15, 0.2) is 182 Å². The van der Waals surface area contributed by atoms with Gasteiger partial charge in [-0.3, -0.25) is 0 Å². The number of benzene rings is 8. The van der Waals surface area contributed by atoms with Crippen molar-refractivity contribution in [1.82, 2.24) is 0 Å². The molecule has 0 fully saturated rings. The summed E-state index contributed by atoms with van der Waals surface area (Å²) in [6, 6.07) is 68.2. The lowest BCUT2D eigenvalue weighted by Crippen LogP contribution is -2.28. The summed E-state index contributed by atoms with van der Waals surface area (Å²) >= 11 is 0. The summed E-state index contributed by atoms with van der Waals surface area (Å²) in [6.45, 7) is 6.95. The van der Waals surface area contributed by atoms with Crippen LogP contribution >= 0.6 is 0 Å². The topological polar surface area (TPSA) is 3.24 Å². The van der Waals surface area contributed by atoms with Crippen molar-refractivity contribution in [2.45, 2.75) is 44.4 Å². The summed E-state index contributed by atoms with van der Waals surface area (Å²) in [4.78, 5) is 2.49. The highest BCUT2D eigenvalue weighted by Gasteiger charge is 2.46. The van der Waals surface area contributed by atoms with E-state index in [-0.39, 0.29) is 5.41 Å². The Morgan fingerprint density at radius 1 is 0.407 bits per heavy atom. The van der Waals surface area contributed by atoms with Gasteiger partial charge < -0.3 is 4.90 Å². The number of aryl methyl sites for hydroxylation is 1. The van der Waals surface area contributed by atoms with E-state index in [1.165, 1.54) is 83.3 Å². The van der Waals surface area contributed by atoms with Crippen molar-refractivity contribution in [1.29, 1.82) is 0 Å². The number of fused-ring (bicyclic) bond motifs is 7. The van der Waals surface area contributed by atoms with Gasteiger partial charge in [-0.2, -0.15) is 0 Å². The highest BCUT2D eigenvalue weighted by Crippen LogP contribution is 2.58. The first-order chi connectivity index (χ1) is 26.6. The molecule has 0 unspecified atom stereocenters. The molecule has 0 spiro atoms. The molecule has 1 heteroatoms. The minimum absolute atomic E-state index is 0.00376. The third-order valence-electron chi connectivity index (χ3n) is 12.7. The third kappa shape index (κ3) is 4.51. The standard InChI is InChI=1S/C53H43N/c1-4-52(5-2)47-30-28-41(35-46(47)44-32-37-19-13-14-20-38(37)33-50(44)52)54(51-27-17-12-18-36(51)3)42-29-31-49-45(34-42)43-25-15-16-26-48(43)53(49,39-21-8-6-9-22-39)40-23-10-7-11-24-40/h6-35H,4-5H2,1-3H3. The lowest BCUT2D eigenvalue weighted by atomic mass is 9.68. The molecule has 0 aromatic heterocycles. The predicted molar refractivity (Wildman–Crippen MR) is 227 cm³/mol. The van der Waals surface area contributed by atoms with Crippen LogP contribution in [0.4, 0.5) is 17.1 Å². The zero-order chi connectivity index (χ0) is 36.4. The molecule has 0 radical (unpaired) electrons. The maximum absolute atomic E-state index is 2.49. The van der Waals surface area contributed by atoms with Gasteiger partial charge in [-0.15, -0.1) is 0 Å². The maximum atomic E-state index is 2.49. The molecule has 0 saturated heterocycles. The summed E-state index contributed by atoms with van der Waals surface area (Å²) in [7, 11) is 0. The molecule has 0 saturated carbocycles. The van der Waals surface area contributed by atoms with E-state index in [4.69, 9.17) is 0 Å². The molecular weight excluding hydrogens is 651 g/mol. The Labute approximate surface area is 319 Å². The van der Waals surface area contributed by atoms with Crippen LogP contribution in [-0.2, 0) is 10.8 Å². The van der Waals surface area contributed by atoms with Crippen molar-refractivity contribution < 1.29 is 0 Å². The Morgan fingerprint density at radius 3 is 1.56 bits per heavy atom. The van der Waals surface area contributed by atoms with Crippen LogP contribution in [-0.4, -0.2) is 0 Å². The molecule has 10 rings (SSSR count). The highest BCUT2D eigenvalue weighted by molar-refractivity contribution is 5.96. The number of nitrogens with zero attached hydrogens (tertiary/aromatic N) is 1. The van der Waals surface area contributed by atoms with Gasteiger partial charge in [0.25, 0.3) is 0 Å². The van der Waals surface area contributed by atoms with E-state index in [1.54, 1.807) is 0 Å². The fourth-order valence-corrected chi connectivity index (χ4v) is 10.1. The molecule has 260 valence electrons. The van der Waals surface area contributed by atoms with Crippen molar-refractivity contribution in [3.63, 3.8) is 0 Å². The Balaban J connectivity index is 1.21. The van der Waals surface area contributed by atoms with E-state index < -0.39 is 5.41 Å². The summed E-state index contributed by atoms with van der Waals surface area (Å²) < 4.78 is 0. The van der Waals surface area contributed by atoms with Crippen LogP contribution in [0.1, 0.15) is 65.6 Å². The molecule has 8 aromatic carbocycles. The van der Waals surface area contributed by atoms with Gasteiger partial charge in [-0.05, 0) is 134 Å². The molecule has 0 amide bonds. The van der Waals surface area contributed by atoms with Gasteiger partial charge in [-0.25, -0.2) is 0 Å². The number of hydrogen-bond acceptors (Lipinski definition) is 1. The molecule has 2 aliphatic carbocycles. The van der Waals surface area contributed by atoms with Crippen molar-refractivity contribution in [3.8, 4) is 22.3 Å². The molecule has 0 aliphatic heterocycles. The molecule has 0 bridgehead atoms. The normalized spacial score (nSPS) is 14.3. The summed E-state index contributed by atoms with van der Waals surface area (Å²) in [5.41, 5.74) is 17.8. The van der Waals surface area contributed by atoms with E-state index in [0.29, 0.717) is 0 Å². The van der Waals surface area contributed by atoms with Gasteiger partial charge >= 0.3 is 0 Å². The lowest BCUT2D eigenvalue weighted by molar-refractivity contribution is 0.491. The zero-order valence-electron chi connectivity index (χ0n) is 31.2. The summed E-state index contributed by atoms with van der Waals surface area (Å²) in [5.74, 6) is 0. The van der Waals surface area contributed by atoms with Gasteiger partial charge in [0, 0.05) is 22.5 Å². The molecule has 0 N–H and O–H groups in total. The van der Waals surface area contributed by atoms with Crippen LogP contribution in [0.5, 0.6) is 0 Å². The Bertz CT molecular complexity index is 2660. The molecule has 0 heterocycles. The number of para-hydroxylation sites is 1. The minimum atomic E-state index is -0.426. The second-order valence-corrected chi connectivity index (χ2v) is 15.1. The van der Waals surface area contributed by atoms with Crippen molar-refractivity contribution >= 4 is 27.8 Å². The van der Waals surface area contributed by atoms with Crippen LogP contribution < -0.4 is 4.90 Å². The largest absolute Gasteiger partial charge is 0.310 e. The first-order valence-electron chi connectivity index (χ1n) is 19.5. The monoisotopic (exact) mass is 693 g/mol. The van der Waals surface area contributed by atoms with Gasteiger partial charge in [0.2, 0.25) is 0 Å². The summed E-state index contributed by atoms with van der Waals surface area (Å²) in [6.07, 6.45) is 2.13. The van der Waals surface area contributed by atoms with E-state index in [9.17, 15) is 0 Å². The number of anilines is 3. The Morgan fingerprint density at radius 2 is 0.907 bits per heavy atom. The highest BCUT2D eigenvalue weighted by atomic mass is 15.1. The molecular formula is C53H43N. The van der Waals surface area contributed by atoms with Gasteiger partial charge in [0.15, 0.2) is 0 Å². The third-order valence-corrected chi connectivity index (χ3v) is 12.7. The summed E-state index contributed by atoms with van der Waals surface area (Å²) in [5, 5.41) is 2.61. The zero-order valence-corrected chi connectivity index (χ0v) is 31.2. The molecule has 54 heavy (non-hydrogen) atoms. The second kappa shape index (κ2) is 12.5. The first-order valence-corrected chi connectivity index (χ1v) is 19.5. The fraction of sp³-hybridized carbons (Fsp3) is 0.132.